The Bertz CT molecular complexity index is 656. The number of hydrogen-bond acceptors (Lipinski definition) is 4. The number of nitrogens with zero attached hydrogens (tertiary/aromatic N) is 2. The average Bonchev–Trinajstić information content (AvgIpc) is 2.96. The van der Waals surface area contributed by atoms with Crippen molar-refractivity contribution >= 4 is 25.1 Å². The molecular weight excluding hydrogens is 265 g/mol. The lowest BCUT2D eigenvalue weighted by Gasteiger charge is -2.33. The molecule has 0 saturated heterocycles. The standard InChI is InChI=1S/C14H18BN5O/c15-19-11-5-2-1-4-10(11)18-13-9(14(16)21)8-17-20-7-3-6-12(13)20/h3,6-8,10-11,18-19H,1-2,4-5H2,(H2,16,21)/t10-,11-/m1/s1. The summed E-state index contributed by atoms with van der Waals surface area (Å²) >= 11 is 0. The number of nitrogens with two attached hydrogens (primary N) is 1. The van der Waals surface area contributed by atoms with Crippen molar-refractivity contribution < 1.29 is 4.79 Å². The second-order valence-corrected chi connectivity index (χ2v) is 5.44. The van der Waals surface area contributed by atoms with Crippen LogP contribution in [0.2, 0.25) is 0 Å². The van der Waals surface area contributed by atoms with E-state index in [-0.39, 0.29) is 12.1 Å². The van der Waals surface area contributed by atoms with Gasteiger partial charge in [0.1, 0.15) is 0 Å². The average molecular weight is 283 g/mol. The fourth-order valence-electron chi connectivity index (χ4n) is 3.02. The van der Waals surface area contributed by atoms with E-state index in [4.69, 9.17) is 13.7 Å². The van der Waals surface area contributed by atoms with Crippen molar-refractivity contribution in [2.75, 3.05) is 5.32 Å². The van der Waals surface area contributed by atoms with Crippen molar-refractivity contribution in [1.82, 2.24) is 14.8 Å². The zero-order chi connectivity index (χ0) is 14.8. The molecule has 0 aliphatic heterocycles. The van der Waals surface area contributed by atoms with Gasteiger partial charge in [-0.2, -0.15) is 5.10 Å². The van der Waals surface area contributed by atoms with E-state index < -0.39 is 5.91 Å². The van der Waals surface area contributed by atoms with Crippen molar-refractivity contribution in [3.8, 4) is 0 Å². The Morgan fingerprint density at radius 3 is 2.86 bits per heavy atom. The van der Waals surface area contributed by atoms with E-state index >= 15 is 0 Å². The van der Waals surface area contributed by atoms with Gasteiger partial charge in [0.15, 0.2) is 7.98 Å². The summed E-state index contributed by atoms with van der Waals surface area (Å²) in [5.74, 6) is -0.484. The molecule has 0 spiro atoms. The molecule has 108 valence electrons. The van der Waals surface area contributed by atoms with Crippen molar-refractivity contribution in [2.45, 2.75) is 37.8 Å². The van der Waals surface area contributed by atoms with Crippen molar-refractivity contribution in [1.29, 1.82) is 0 Å². The van der Waals surface area contributed by atoms with Crippen LogP contribution in [0.5, 0.6) is 0 Å². The number of aromatic nitrogens is 2. The first-order valence-electron chi connectivity index (χ1n) is 7.19. The fraction of sp³-hybridized carbons (Fsp3) is 0.429. The summed E-state index contributed by atoms with van der Waals surface area (Å²) in [6, 6.07) is 4.15. The van der Waals surface area contributed by atoms with Gasteiger partial charge in [-0.3, -0.25) is 4.79 Å². The lowest BCUT2D eigenvalue weighted by Crippen LogP contribution is -2.45. The van der Waals surface area contributed by atoms with Gasteiger partial charge in [0.05, 0.1) is 23.0 Å². The van der Waals surface area contributed by atoms with Crippen LogP contribution in [0.25, 0.3) is 5.52 Å². The minimum atomic E-state index is -0.484. The molecule has 1 saturated carbocycles. The Hall–Kier alpha value is -2.02. The van der Waals surface area contributed by atoms with Gasteiger partial charge in [-0.25, -0.2) is 4.52 Å². The monoisotopic (exact) mass is 283 g/mol. The Morgan fingerprint density at radius 2 is 2.14 bits per heavy atom. The first-order valence-corrected chi connectivity index (χ1v) is 7.19. The van der Waals surface area contributed by atoms with E-state index in [1.807, 2.05) is 18.3 Å². The van der Waals surface area contributed by atoms with Crippen molar-refractivity contribution in [2.24, 2.45) is 5.73 Å². The summed E-state index contributed by atoms with van der Waals surface area (Å²) in [5, 5.41) is 10.5. The molecule has 7 heteroatoms. The summed E-state index contributed by atoms with van der Waals surface area (Å²) in [7, 11) is 5.64. The molecule has 2 heterocycles. The number of rotatable bonds is 4. The van der Waals surface area contributed by atoms with Crippen molar-refractivity contribution in [3.63, 3.8) is 0 Å². The molecule has 2 radical (unpaired) electrons. The summed E-state index contributed by atoms with van der Waals surface area (Å²) < 4.78 is 1.72. The van der Waals surface area contributed by atoms with Gasteiger partial charge in [0.25, 0.3) is 5.91 Å². The van der Waals surface area contributed by atoms with Crippen LogP contribution in [0.15, 0.2) is 24.5 Å². The van der Waals surface area contributed by atoms with Crippen LogP contribution in [-0.2, 0) is 0 Å². The molecule has 21 heavy (non-hydrogen) atoms. The van der Waals surface area contributed by atoms with Crippen LogP contribution in [0, 0.1) is 0 Å². The molecule has 0 aromatic carbocycles. The number of carbonyl (C=O) groups excluding carboxylic acids is 1. The number of anilines is 1. The summed E-state index contributed by atoms with van der Waals surface area (Å²) in [5.41, 5.74) is 7.45. The first kappa shape index (κ1) is 13.9. The van der Waals surface area contributed by atoms with Gasteiger partial charge in [-0.1, -0.05) is 12.8 Å². The third-order valence-electron chi connectivity index (χ3n) is 4.14. The summed E-state index contributed by atoms with van der Waals surface area (Å²) in [4.78, 5) is 11.7. The third kappa shape index (κ3) is 2.61. The molecule has 1 amide bonds. The van der Waals surface area contributed by atoms with Gasteiger partial charge >= 0.3 is 0 Å². The minimum Gasteiger partial charge on any atom is -0.378 e. The van der Waals surface area contributed by atoms with Gasteiger partial charge in [-0.15, -0.1) is 0 Å². The number of amides is 1. The summed E-state index contributed by atoms with van der Waals surface area (Å²) in [6.07, 6.45) is 7.66. The molecule has 3 rings (SSSR count). The first-order chi connectivity index (χ1) is 10.2. The molecular formula is C14H18BN5O. The SMILES string of the molecule is [B]N[C@@H]1CCCC[C@H]1Nc1c(C(N)=O)cnn2cccc12. The Balaban J connectivity index is 1.99. The van der Waals surface area contributed by atoms with Crippen LogP contribution in [-0.4, -0.2) is 35.6 Å². The fourth-order valence-corrected chi connectivity index (χ4v) is 3.02. The van der Waals surface area contributed by atoms with Crippen LogP contribution < -0.4 is 16.3 Å². The largest absolute Gasteiger partial charge is 0.378 e. The second kappa shape index (κ2) is 5.77. The summed E-state index contributed by atoms with van der Waals surface area (Å²) in [6.45, 7) is 0. The maximum atomic E-state index is 11.7. The van der Waals surface area contributed by atoms with E-state index in [2.05, 4.69) is 15.6 Å². The normalized spacial score (nSPS) is 22.3. The quantitative estimate of drug-likeness (QED) is 0.726. The van der Waals surface area contributed by atoms with Crippen LogP contribution in [0.3, 0.4) is 0 Å². The molecule has 1 aliphatic rings. The molecule has 1 fully saturated rings. The third-order valence-corrected chi connectivity index (χ3v) is 4.14. The Kier molecular flexibility index (Phi) is 3.83. The number of nitrogens with one attached hydrogen (secondary N) is 2. The second-order valence-electron chi connectivity index (χ2n) is 5.44. The van der Waals surface area contributed by atoms with E-state index in [1.165, 1.54) is 6.20 Å². The topological polar surface area (TPSA) is 84.5 Å². The van der Waals surface area contributed by atoms with Crippen LogP contribution in [0.1, 0.15) is 36.0 Å². The number of fused-ring (bicyclic) bond motifs is 1. The highest BCUT2D eigenvalue weighted by Crippen LogP contribution is 2.27. The maximum absolute atomic E-state index is 11.7. The molecule has 0 bridgehead atoms. The molecule has 2 atom stereocenters. The van der Waals surface area contributed by atoms with Crippen molar-refractivity contribution in [3.05, 3.63) is 30.1 Å². The predicted molar refractivity (Wildman–Crippen MR) is 82.3 cm³/mol. The minimum absolute atomic E-state index is 0.169. The molecule has 4 N–H and O–H groups in total. The Morgan fingerprint density at radius 1 is 1.38 bits per heavy atom. The number of primary amides is 1. The molecule has 6 nitrogen and oxygen atoms in total. The number of carbonyl (C=O) groups is 1. The highest BCUT2D eigenvalue weighted by Gasteiger charge is 2.25. The van der Waals surface area contributed by atoms with Gasteiger partial charge in [-0.05, 0) is 25.0 Å². The lowest BCUT2D eigenvalue weighted by atomic mass is 9.89. The van der Waals surface area contributed by atoms with Gasteiger partial charge in [0.2, 0.25) is 0 Å². The smallest absolute Gasteiger partial charge is 0.252 e. The Labute approximate surface area is 124 Å². The lowest BCUT2D eigenvalue weighted by molar-refractivity contribution is 0.100. The van der Waals surface area contributed by atoms with E-state index in [1.54, 1.807) is 4.52 Å². The molecule has 1 aliphatic carbocycles. The highest BCUT2D eigenvalue weighted by atomic mass is 16.1. The van der Waals surface area contributed by atoms with E-state index in [9.17, 15) is 4.79 Å². The van der Waals surface area contributed by atoms with Crippen LogP contribution >= 0.6 is 0 Å². The highest BCUT2D eigenvalue weighted by molar-refractivity contribution is 6.04. The molecule has 2 aromatic rings. The molecule has 0 unspecified atom stereocenters. The van der Waals surface area contributed by atoms with Gasteiger partial charge in [0, 0.05) is 18.3 Å². The maximum Gasteiger partial charge on any atom is 0.252 e. The predicted octanol–water partition coefficient (Wildman–Crippen LogP) is 0.829. The zero-order valence-electron chi connectivity index (χ0n) is 11.7. The number of hydrogen-bond donors (Lipinski definition) is 3. The molecule has 2 aromatic heterocycles. The van der Waals surface area contributed by atoms with Gasteiger partial charge < -0.3 is 16.3 Å². The zero-order valence-corrected chi connectivity index (χ0v) is 11.7. The van der Waals surface area contributed by atoms with E-state index in [0.717, 1.165) is 36.9 Å². The van der Waals surface area contributed by atoms with E-state index in [0.29, 0.717) is 5.56 Å². The van der Waals surface area contributed by atoms with Crippen LogP contribution in [0.4, 0.5) is 5.69 Å².